The number of esters is 1. The number of hydrogen-bond donors (Lipinski definition) is 3. The molecule has 0 radical (unpaired) electrons. The van der Waals surface area contributed by atoms with E-state index in [9.17, 15) is 9.59 Å². The van der Waals surface area contributed by atoms with Crippen LogP contribution in [0, 0.1) is 5.41 Å². The first-order valence-corrected chi connectivity index (χ1v) is 8.51. The maximum absolute atomic E-state index is 12.1. The molecule has 1 unspecified atom stereocenters. The van der Waals surface area contributed by atoms with Gasteiger partial charge in [0.15, 0.2) is 0 Å². The molecule has 8 heteroatoms. The minimum Gasteiger partial charge on any atom is -0.469 e. The number of methoxy groups -OCH3 is 1. The summed E-state index contributed by atoms with van der Waals surface area (Å²) in [5.41, 5.74) is 8.69. The second-order valence-electron chi connectivity index (χ2n) is 6.19. The van der Waals surface area contributed by atoms with E-state index < -0.39 is 0 Å². The summed E-state index contributed by atoms with van der Waals surface area (Å²) in [6.45, 7) is 0.796. The molecule has 2 heterocycles. The minimum atomic E-state index is -0.344. The summed E-state index contributed by atoms with van der Waals surface area (Å²) >= 11 is 0. The lowest BCUT2D eigenvalue weighted by molar-refractivity contribution is -0.140. The molecule has 1 atom stereocenters. The van der Waals surface area contributed by atoms with Gasteiger partial charge in [-0.05, 0) is 17.7 Å². The van der Waals surface area contributed by atoms with Crippen LogP contribution in [0.1, 0.15) is 23.6 Å². The first-order valence-electron chi connectivity index (χ1n) is 8.51. The van der Waals surface area contributed by atoms with Crippen molar-refractivity contribution >= 4 is 17.8 Å². The molecular formula is C19H21N5O3. The topological polar surface area (TPSA) is 121 Å². The molecule has 0 saturated carbocycles. The van der Waals surface area contributed by atoms with E-state index in [0.29, 0.717) is 18.7 Å². The molecule has 2 aromatic rings. The summed E-state index contributed by atoms with van der Waals surface area (Å²) in [6, 6.07) is 11.0. The fourth-order valence-electron chi connectivity index (χ4n) is 3.01. The van der Waals surface area contributed by atoms with Crippen LogP contribution in [0.2, 0.25) is 0 Å². The van der Waals surface area contributed by atoms with Crippen molar-refractivity contribution in [3.05, 3.63) is 53.7 Å². The van der Waals surface area contributed by atoms with E-state index >= 15 is 0 Å². The molecule has 0 aliphatic carbocycles. The number of benzene rings is 1. The Morgan fingerprint density at radius 1 is 1.33 bits per heavy atom. The minimum absolute atomic E-state index is 0.0187. The van der Waals surface area contributed by atoms with Crippen LogP contribution in [0.4, 0.5) is 4.79 Å². The van der Waals surface area contributed by atoms with Gasteiger partial charge < -0.3 is 20.7 Å². The highest BCUT2D eigenvalue weighted by Gasteiger charge is 2.31. The van der Waals surface area contributed by atoms with Gasteiger partial charge in [-0.2, -0.15) is 0 Å². The average molecular weight is 367 g/mol. The van der Waals surface area contributed by atoms with E-state index in [1.165, 1.54) is 7.11 Å². The van der Waals surface area contributed by atoms with E-state index in [1.54, 1.807) is 17.2 Å². The van der Waals surface area contributed by atoms with Crippen molar-refractivity contribution in [1.82, 2.24) is 15.2 Å². The molecule has 4 N–H and O–H groups in total. The molecular weight excluding hydrogens is 346 g/mol. The van der Waals surface area contributed by atoms with Crippen LogP contribution in [0.15, 0.2) is 42.6 Å². The van der Waals surface area contributed by atoms with Gasteiger partial charge in [0.25, 0.3) is 0 Å². The number of amidine groups is 1. The van der Waals surface area contributed by atoms with Crippen molar-refractivity contribution in [1.29, 1.82) is 5.41 Å². The summed E-state index contributed by atoms with van der Waals surface area (Å²) in [5, 5.41) is 10.2. The number of pyridine rings is 1. The van der Waals surface area contributed by atoms with Crippen molar-refractivity contribution in [3.8, 4) is 11.3 Å². The largest absolute Gasteiger partial charge is 0.469 e. The Bertz CT molecular complexity index is 849. The molecule has 1 aliphatic heterocycles. The monoisotopic (exact) mass is 367 g/mol. The second-order valence-corrected chi connectivity index (χ2v) is 6.19. The first-order chi connectivity index (χ1) is 13.0. The van der Waals surface area contributed by atoms with Crippen molar-refractivity contribution in [2.45, 2.75) is 12.5 Å². The number of hydrogen-bond acceptors (Lipinski definition) is 5. The quantitative estimate of drug-likeness (QED) is 0.407. The van der Waals surface area contributed by atoms with Gasteiger partial charge in [0, 0.05) is 30.4 Å². The standard InChI is InChI=1S/C19H21N5O3/c1-27-17(25)8-9-24-16(11-23-19(24)26)13-4-2-12(3-5-13)15-7-6-14(10-22-15)18(20)21/h2-7,10,16H,8-9,11H2,1H3,(H3,20,21)(H,23,26). The lowest BCUT2D eigenvalue weighted by atomic mass is 10.0. The number of urea groups is 1. The highest BCUT2D eigenvalue weighted by Crippen LogP contribution is 2.27. The van der Waals surface area contributed by atoms with Crippen LogP contribution in [-0.4, -0.2) is 47.9 Å². The number of nitrogens with two attached hydrogens (primary N) is 1. The second kappa shape index (κ2) is 7.86. The molecule has 1 aromatic carbocycles. The molecule has 1 aromatic heterocycles. The Kier molecular flexibility index (Phi) is 5.35. The van der Waals surface area contributed by atoms with Crippen molar-refractivity contribution in [2.24, 2.45) is 5.73 Å². The van der Waals surface area contributed by atoms with Gasteiger partial charge in [-0.1, -0.05) is 24.3 Å². The molecule has 8 nitrogen and oxygen atoms in total. The van der Waals surface area contributed by atoms with Crippen LogP contribution < -0.4 is 11.1 Å². The number of rotatable bonds is 6. The SMILES string of the molecule is COC(=O)CCN1C(=O)NCC1c1ccc(-c2ccc(C(=N)N)cn2)cc1. The smallest absolute Gasteiger partial charge is 0.318 e. The number of nitrogens with one attached hydrogen (secondary N) is 2. The first kappa shape index (κ1) is 18.4. The third-order valence-electron chi connectivity index (χ3n) is 4.53. The summed E-state index contributed by atoms with van der Waals surface area (Å²) < 4.78 is 4.65. The number of aromatic nitrogens is 1. The van der Waals surface area contributed by atoms with Crippen molar-refractivity contribution in [2.75, 3.05) is 20.2 Å². The average Bonchev–Trinajstić information content (AvgIpc) is 3.06. The summed E-state index contributed by atoms with van der Waals surface area (Å²) in [6.07, 6.45) is 1.73. The third kappa shape index (κ3) is 4.05. The van der Waals surface area contributed by atoms with E-state index in [4.69, 9.17) is 11.1 Å². The van der Waals surface area contributed by atoms with Gasteiger partial charge in [0.2, 0.25) is 0 Å². The van der Waals surface area contributed by atoms with E-state index in [0.717, 1.165) is 16.8 Å². The Morgan fingerprint density at radius 2 is 2.07 bits per heavy atom. The van der Waals surface area contributed by atoms with Crippen molar-refractivity contribution in [3.63, 3.8) is 0 Å². The van der Waals surface area contributed by atoms with Gasteiger partial charge >= 0.3 is 12.0 Å². The number of amides is 2. The lowest BCUT2D eigenvalue weighted by Gasteiger charge is -2.23. The van der Waals surface area contributed by atoms with Crippen LogP contribution in [0.5, 0.6) is 0 Å². The fraction of sp³-hybridized carbons (Fsp3) is 0.263. The van der Waals surface area contributed by atoms with Gasteiger partial charge in [-0.15, -0.1) is 0 Å². The van der Waals surface area contributed by atoms with Gasteiger partial charge in [-0.3, -0.25) is 15.2 Å². The molecule has 140 valence electrons. The van der Waals surface area contributed by atoms with E-state index in [-0.39, 0.29) is 30.3 Å². The molecule has 2 amide bonds. The number of carbonyl (C=O) groups is 2. The van der Waals surface area contributed by atoms with Crippen LogP contribution in [0.3, 0.4) is 0 Å². The van der Waals surface area contributed by atoms with Crippen molar-refractivity contribution < 1.29 is 14.3 Å². The predicted octanol–water partition coefficient (Wildman–Crippen LogP) is 1.66. The maximum atomic E-state index is 12.1. The molecule has 1 saturated heterocycles. The van der Waals surface area contributed by atoms with E-state index in [2.05, 4.69) is 15.0 Å². The van der Waals surface area contributed by atoms with Gasteiger partial charge in [0.05, 0.1) is 25.3 Å². The zero-order valence-corrected chi connectivity index (χ0v) is 14.9. The third-order valence-corrected chi connectivity index (χ3v) is 4.53. The predicted molar refractivity (Wildman–Crippen MR) is 100 cm³/mol. The molecule has 3 rings (SSSR count). The molecule has 1 aliphatic rings. The molecule has 27 heavy (non-hydrogen) atoms. The van der Waals surface area contributed by atoms with Gasteiger partial charge in [-0.25, -0.2) is 4.79 Å². The fourth-order valence-corrected chi connectivity index (χ4v) is 3.01. The number of carbonyl (C=O) groups excluding carboxylic acids is 2. The summed E-state index contributed by atoms with van der Waals surface area (Å²) in [7, 11) is 1.33. The van der Waals surface area contributed by atoms with Crippen LogP contribution in [0.25, 0.3) is 11.3 Å². The Hall–Kier alpha value is -3.42. The summed E-state index contributed by atoms with van der Waals surface area (Å²) in [5.74, 6) is -0.362. The van der Waals surface area contributed by atoms with Crippen LogP contribution in [-0.2, 0) is 9.53 Å². The number of ether oxygens (including phenoxy) is 1. The molecule has 0 bridgehead atoms. The van der Waals surface area contributed by atoms with Crippen LogP contribution >= 0.6 is 0 Å². The maximum Gasteiger partial charge on any atom is 0.318 e. The Morgan fingerprint density at radius 3 is 2.67 bits per heavy atom. The number of nitrogen functional groups attached to an aromatic ring is 1. The zero-order valence-electron chi connectivity index (χ0n) is 14.9. The van der Waals surface area contributed by atoms with Gasteiger partial charge in [0.1, 0.15) is 5.84 Å². The highest BCUT2D eigenvalue weighted by atomic mass is 16.5. The summed E-state index contributed by atoms with van der Waals surface area (Å²) in [4.78, 5) is 29.4. The van der Waals surface area contributed by atoms with E-state index in [1.807, 2.05) is 30.3 Å². The normalized spacial score (nSPS) is 16.1. The number of nitrogens with zero attached hydrogens (tertiary/aromatic N) is 2. The molecule has 1 fully saturated rings. The zero-order chi connectivity index (χ0) is 19.4. The molecule has 0 spiro atoms. The Labute approximate surface area is 156 Å². The highest BCUT2D eigenvalue weighted by molar-refractivity contribution is 5.94. The lowest BCUT2D eigenvalue weighted by Crippen LogP contribution is -2.32. The Balaban J connectivity index is 1.74.